The maximum Gasteiger partial charge on any atom is 0.326 e. The van der Waals surface area contributed by atoms with E-state index in [1.165, 1.54) is 4.90 Å². The Labute approximate surface area is 158 Å². The van der Waals surface area contributed by atoms with Crippen molar-refractivity contribution in [1.82, 2.24) is 15.5 Å². The summed E-state index contributed by atoms with van der Waals surface area (Å²) < 4.78 is 0. The van der Waals surface area contributed by atoms with Gasteiger partial charge in [0.05, 0.1) is 6.54 Å². The van der Waals surface area contributed by atoms with Crippen molar-refractivity contribution in [2.24, 2.45) is 11.7 Å². The van der Waals surface area contributed by atoms with Gasteiger partial charge in [-0.2, -0.15) is 12.6 Å². The van der Waals surface area contributed by atoms with E-state index in [1.54, 1.807) is 0 Å². The zero-order valence-corrected chi connectivity index (χ0v) is 16.0. The first-order chi connectivity index (χ1) is 12.3. The first-order valence-corrected chi connectivity index (χ1v) is 9.33. The lowest BCUT2D eigenvalue weighted by Crippen LogP contribution is -2.58. The van der Waals surface area contributed by atoms with Crippen molar-refractivity contribution in [1.29, 1.82) is 0 Å². The fraction of sp³-hybridized carbons (Fsp3) is 0.750. The molecule has 0 aliphatic carbocycles. The molecule has 1 heterocycles. The van der Waals surface area contributed by atoms with Gasteiger partial charge < -0.3 is 26.4 Å². The van der Waals surface area contributed by atoms with Crippen LogP contribution in [0.4, 0.5) is 0 Å². The zero-order chi connectivity index (χ0) is 19.9. The summed E-state index contributed by atoms with van der Waals surface area (Å²) in [6.07, 6.45) is 1.62. The number of aliphatic carboxylic acids is 1. The summed E-state index contributed by atoms with van der Waals surface area (Å²) in [7, 11) is 0. The van der Waals surface area contributed by atoms with E-state index in [0.29, 0.717) is 25.8 Å². The minimum Gasteiger partial charge on any atom is -0.480 e. The Bertz CT molecular complexity index is 545. The average molecular weight is 388 g/mol. The highest BCUT2D eigenvalue weighted by Gasteiger charge is 2.39. The minimum absolute atomic E-state index is 0.0421. The number of nitrogens with zero attached hydrogens (tertiary/aromatic N) is 1. The lowest BCUT2D eigenvalue weighted by atomic mass is 9.97. The number of hydrogen-bond donors (Lipinski definition) is 5. The van der Waals surface area contributed by atoms with Crippen molar-refractivity contribution in [2.45, 2.75) is 51.2 Å². The zero-order valence-electron chi connectivity index (χ0n) is 15.1. The van der Waals surface area contributed by atoms with Gasteiger partial charge in [0.25, 0.3) is 0 Å². The van der Waals surface area contributed by atoms with Gasteiger partial charge in [-0.3, -0.25) is 14.4 Å². The quantitative estimate of drug-likeness (QED) is 0.320. The van der Waals surface area contributed by atoms with Crippen LogP contribution < -0.4 is 16.4 Å². The van der Waals surface area contributed by atoms with E-state index in [0.717, 1.165) is 0 Å². The van der Waals surface area contributed by atoms with Crippen LogP contribution in [0.5, 0.6) is 0 Å². The van der Waals surface area contributed by atoms with Crippen LogP contribution >= 0.6 is 12.6 Å². The Morgan fingerprint density at radius 2 is 1.96 bits per heavy atom. The molecule has 0 radical (unpaired) electrons. The summed E-state index contributed by atoms with van der Waals surface area (Å²) in [6.45, 7) is 3.77. The number of hydrogen-bond acceptors (Lipinski definition) is 6. The first-order valence-electron chi connectivity index (χ1n) is 8.70. The summed E-state index contributed by atoms with van der Waals surface area (Å²) >= 11 is 4.06. The van der Waals surface area contributed by atoms with Crippen LogP contribution in [0.3, 0.4) is 0 Å². The largest absolute Gasteiger partial charge is 0.480 e. The van der Waals surface area contributed by atoms with Crippen molar-refractivity contribution in [3.8, 4) is 0 Å². The molecule has 148 valence electrons. The molecule has 4 atom stereocenters. The van der Waals surface area contributed by atoms with Gasteiger partial charge in [0, 0.05) is 12.3 Å². The Morgan fingerprint density at radius 3 is 2.46 bits per heavy atom. The van der Waals surface area contributed by atoms with E-state index in [4.69, 9.17) is 5.73 Å². The van der Waals surface area contributed by atoms with E-state index in [9.17, 15) is 24.3 Å². The van der Waals surface area contributed by atoms with E-state index in [2.05, 4.69) is 23.3 Å². The monoisotopic (exact) mass is 388 g/mol. The topological polar surface area (TPSA) is 142 Å². The molecule has 1 aliphatic heterocycles. The summed E-state index contributed by atoms with van der Waals surface area (Å²) in [4.78, 5) is 49.5. The van der Waals surface area contributed by atoms with Gasteiger partial charge >= 0.3 is 5.97 Å². The Kier molecular flexibility index (Phi) is 8.86. The second-order valence-corrected chi connectivity index (χ2v) is 6.77. The van der Waals surface area contributed by atoms with Gasteiger partial charge in [-0.1, -0.05) is 20.3 Å². The predicted octanol–water partition coefficient (Wildman–Crippen LogP) is -1.03. The third-order valence-corrected chi connectivity index (χ3v) is 4.98. The molecule has 0 saturated carbocycles. The summed E-state index contributed by atoms with van der Waals surface area (Å²) in [5.41, 5.74) is 5.24. The average Bonchev–Trinajstić information content (AvgIpc) is 3.12. The molecule has 3 amide bonds. The smallest absolute Gasteiger partial charge is 0.326 e. The van der Waals surface area contributed by atoms with Crippen molar-refractivity contribution >= 4 is 36.3 Å². The number of likely N-dealkylation sites (tertiary alicyclic amines) is 1. The second-order valence-electron chi connectivity index (χ2n) is 6.41. The van der Waals surface area contributed by atoms with Gasteiger partial charge in [-0.25, -0.2) is 4.79 Å². The number of amides is 3. The summed E-state index contributed by atoms with van der Waals surface area (Å²) in [6, 6.07) is -2.67. The van der Waals surface area contributed by atoms with Gasteiger partial charge in [0.1, 0.15) is 18.1 Å². The van der Waals surface area contributed by atoms with Crippen LogP contribution in [0.25, 0.3) is 0 Å². The molecule has 0 spiro atoms. The van der Waals surface area contributed by atoms with Gasteiger partial charge in [-0.05, 0) is 18.8 Å². The van der Waals surface area contributed by atoms with Crippen molar-refractivity contribution in [3.63, 3.8) is 0 Å². The van der Waals surface area contributed by atoms with E-state index < -0.39 is 41.8 Å². The fourth-order valence-corrected chi connectivity index (χ4v) is 3.11. The highest BCUT2D eigenvalue weighted by atomic mass is 32.1. The summed E-state index contributed by atoms with van der Waals surface area (Å²) in [5.74, 6) is -2.68. The number of nitrogens with two attached hydrogens (primary N) is 1. The Hall–Kier alpha value is -1.81. The normalized spacial score (nSPS) is 20.2. The molecule has 4 unspecified atom stereocenters. The minimum atomic E-state index is -1.05. The molecule has 5 N–H and O–H groups in total. The van der Waals surface area contributed by atoms with E-state index in [-0.39, 0.29) is 18.2 Å². The molecule has 1 rings (SSSR count). The molecule has 0 aromatic heterocycles. The number of carbonyl (C=O) groups excluding carboxylic acids is 3. The van der Waals surface area contributed by atoms with Crippen LogP contribution in [0.1, 0.15) is 33.1 Å². The molecule has 1 fully saturated rings. The maximum absolute atomic E-state index is 12.9. The molecule has 9 nitrogen and oxygen atoms in total. The Morgan fingerprint density at radius 1 is 1.31 bits per heavy atom. The van der Waals surface area contributed by atoms with Crippen molar-refractivity contribution < 1.29 is 24.3 Å². The summed E-state index contributed by atoms with van der Waals surface area (Å²) in [5, 5.41) is 14.4. The highest BCUT2D eigenvalue weighted by molar-refractivity contribution is 7.80. The standard InChI is InChI=1S/C16H28N4O5S/c1-3-9(2)13(15(23)20-6-4-5-11(20)16(24)25)19-14(22)10(8-26)18-12(21)7-17/h9-11,13,26H,3-8,17H2,1-2H3,(H,18,21)(H,19,22)(H,24,25). The SMILES string of the molecule is CCC(C)C(NC(=O)C(CS)NC(=O)CN)C(=O)N1CCCC1C(=O)O. The molecule has 1 aliphatic rings. The fourth-order valence-electron chi connectivity index (χ4n) is 2.85. The van der Waals surface area contributed by atoms with Crippen LogP contribution in [-0.2, 0) is 19.2 Å². The van der Waals surface area contributed by atoms with Gasteiger partial charge in [0.2, 0.25) is 17.7 Å². The molecule has 0 aromatic rings. The van der Waals surface area contributed by atoms with Gasteiger partial charge in [0.15, 0.2) is 0 Å². The number of carboxylic acids is 1. The van der Waals surface area contributed by atoms with E-state index in [1.807, 2.05) is 13.8 Å². The van der Waals surface area contributed by atoms with Crippen molar-refractivity contribution in [3.05, 3.63) is 0 Å². The molecule has 26 heavy (non-hydrogen) atoms. The second kappa shape index (κ2) is 10.4. The number of rotatable bonds is 9. The third-order valence-electron chi connectivity index (χ3n) is 4.62. The van der Waals surface area contributed by atoms with Crippen LogP contribution in [0, 0.1) is 5.92 Å². The number of carbonyl (C=O) groups is 4. The number of nitrogens with one attached hydrogen (secondary N) is 2. The molecule has 0 aromatic carbocycles. The number of carboxylic acid groups (broad SMARTS) is 1. The molecular weight excluding hydrogens is 360 g/mol. The van der Waals surface area contributed by atoms with Gasteiger partial charge in [-0.15, -0.1) is 0 Å². The van der Waals surface area contributed by atoms with Crippen LogP contribution in [-0.4, -0.2) is 70.7 Å². The predicted molar refractivity (Wildman–Crippen MR) is 98.6 cm³/mol. The molecule has 1 saturated heterocycles. The molecule has 0 bridgehead atoms. The maximum atomic E-state index is 12.9. The van der Waals surface area contributed by atoms with Crippen LogP contribution in [0.15, 0.2) is 0 Å². The Balaban J connectivity index is 2.92. The third kappa shape index (κ3) is 5.60. The molecule has 10 heteroatoms. The number of thiol groups is 1. The highest BCUT2D eigenvalue weighted by Crippen LogP contribution is 2.21. The lowest BCUT2D eigenvalue weighted by Gasteiger charge is -2.31. The lowest BCUT2D eigenvalue weighted by molar-refractivity contribution is -0.150. The van der Waals surface area contributed by atoms with E-state index >= 15 is 0 Å². The van der Waals surface area contributed by atoms with Crippen LogP contribution in [0.2, 0.25) is 0 Å². The first kappa shape index (κ1) is 22.2. The van der Waals surface area contributed by atoms with Crippen molar-refractivity contribution in [2.75, 3.05) is 18.8 Å². The molecular formula is C16H28N4O5S.